The second-order valence-corrected chi connectivity index (χ2v) is 4.45. The smallest absolute Gasteiger partial charge is 0.381 e. The molecule has 0 bridgehead atoms. The van der Waals surface area contributed by atoms with Gasteiger partial charge in [0.2, 0.25) is 6.33 Å². The molecule has 1 aromatic heterocycles. The Kier molecular flexibility index (Phi) is 7.44. The number of hydrogen-bond acceptors (Lipinski definition) is 7. The Morgan fingerprint density at radius 1 is 1.30 bits per heavy atom. The lowest BCUT2D eigenvalue weighted by molar-refractivity contribution is -0.389. The van der Waals surface area contributed by atoms with Gasteiger partial charge in [0.1, 0.15) is 6.20 Å². The first-order valence-corrected chi connectivity index (χ1v) is 7.14. The van der Waals surface area contributed by atoms with Gasteiger partial charge in [-0.2, -0.15) is 0 Å². The minimum atomic E-state index is -1.01. The van der Waals surface area contributed by atoms with Crippen LogP contribution in [0.15, 0.2) is 24.7 Å². The normalized spacial score (nSPS) is 10.9. The first-order valence-electron chi connectivity index (χ1n) is 7.14. The lowest BCUT2D eigenvalue weighted by atomic mass is 10.1. The Morgan fingerprint density at radius 3 is 2.39 bits per heavy atom. The molecule has 126 valence electrons. The lowest BCUT2D eigenvalue weighted by Crippen LogP contribution is -2.27. The number of carbonyl (C=O) groups excluding carboxylic acids is 2. The Balaban J connectivity index is 2.59. The van der Waals surface area contributed by atoms with Gasteiger partial charge in [-0.1, -0.05) is 12.2 Å². The third-order valence-electron chi connectivity index (χ3n) is 2.80. The number of esters is 2. The fourth-order valence-corrected chi connectivity index (χ4v) is 1.75. The maximum atomic E-state index is 11.8. The molecule has 9 nitrogen and oxygen atoms in total. The number of ether oxygens (including phenoxy) is 2. The van der Waals surface area contributed by atoms with Crippen molar-refractivity contribution < 1.29 is 24.0 Å². The number of nitrogens with zero attached hydrogens (tertiary/aromatic N) is 3. The highest BCUT2D eigenvalue weighted by Gasteiger charge is 2.28. The van der Waals surface area contributed by atoms with E-state index in [1.165, 1.54) is 17.1 Å². The minimum absolute atomic E-state index is 0.133. The van der Waals surface area contributed by atoms with Gasteiger partial charge in [0, 0.05) is 6.54 Å². The van der Waals surface area contributed by atoms with Crippen LogP contribution >= 0.6 is 0 Å². The zero-order valence-electron chi connectivity index (χ0n) is 13.0. The van der Waals surface area contributed by atoms with E-state index in [2.05, 4.69) is 4.98 Å². The number of nitro groups is 1. The fourth-order valence-electron chi connectivity index (χ4n) is 1.75. The Labute approximate surface area is 133 Å². The summed E-state index contributed by atoms with van der Waals surface area (Å²) in [6.45, 7) is 4.00. The van der Waals surface area contributed by atoms with Gasteiger partial charge in [-0.25, -0.2) is 0 Å². The van der Waals surface area contributed by atoms with Crippen LogP contribution in [-0.2, 0) is 25.6 Å². The van der Waals surface area contributed by atoms with Gasteiger partial charge in [0.05, 0.1) is 13.2 Å². The SMILES string of the molecule is CCOC(=O)C(C/C=C/Cn1cnc([N+](=O)[O-])c1)C(=O)OCC. The van der Waals surface area contributed by atoms with E-state index in [0.717, 1.165) is 0 Å². The molecule has 0 saturated heterocycles. The van der Waals surface area contributed by atoms with Crippen molar-refractivity contribution in [2.24, 2.45) is 5.92 Å². The number of imidazole rings is 1. The lowest BCUT2D eigenvalue weighted by Gasteiger charge is -2.12. The molecule has 0 unspecified atom stereocenters. The third kappa shape index (κ3) is 5.89. The van der Waals surface area contributed by atoms with Crippen LogP contribution < -0.4 is 0 Å². The molecule has 0 saturated carbocycles. The Morgan fingerprint density at radius 2 is 1.91 bits per heavy atom. The van der Waals surface area contributed by atoms with Gasteiger partial charge >= 0.3 is 17.8 Å². The van der Waals surface area contributed by atoms with Gasteiger partial charge in [-0.05, 0) is 30.2 Å². The quantitative estimate of drug-likeness (QED) is 0.222. The van der Waals surface area contributed by atoms with Crippen molar-refractivity contribution in [1.29, 1.82) is 0 Å². The molecule has 1 aromatic rings. The van der Waals surface area contributed by atoms with Crippen LogP contribution in [0.2, 0.25) is 0 Å². The van der Waals surface area contributed by atoms with Crippen LogP contribution in [0.5, 0.6) is 0 Å². The minimum Gasteiger partial charge on any atom is -0.465 e. The van der Waals surface area contributed by atoms with Gasteiger partial charge in [0.15, 0.2) is 5.92 Å². The van der Waals surface area contributed by atoms with E-state index in [9.17, 15) is 19.7 Å². The molecule has 0 spiro atoms. The molecule has 1 heterocycles. The molecule has 0 fully saturated rings. The maximum Gasteiger partial charge on any atom is 0.381 e. The van der Waals surface area contributed by atoms with Gasteiger partial charge < -0.3 is 24.2 Å². The van der Waals surface area contributed by atoms with E-state index in [1.807, 2.05) is 0 Å². The summed E-state index contributed by atoms with van der Waals surface area (Å²) in [5.74, 6) is -2.51. The molecular formula is C14H19N3O6. The predicted octanol–water partition coefficient (Wildman–Crippen LogP) is 1.48. The van der Waals surface area contributed by atoms with Crippen LogP contribution in [0, 0.1) is 16.0 Å². The molecule has 0 aliphatic rings. The number of aromatic nitrogens is 2. The third-order valence-corrected chi connectivity index (χ3v) is 2.80. The van der Waals surface area contributed by atoms with Gasteiger partial charge in [0.25, 0.3) is 0 Å². The van der Waals surface area contributed by atoms with Crippen molar-refractivity contribution >= 4 is 17.8 Å². The number of rotatable bonds is 9. The first kappa shape index (κ1) is 18.3. The molecule has 0 aliphatic heterocycles. The molecule has 23 heavy (non-hydrogen) atoms. The summed E-state index contributed by atoms with van der Waals surface area (Å²) in [5.41, 5.74) is 0. The van der Waals surface area contributed by atoms with Crippen LogP contribution in [0.4, 0.5) is 5.82 Å². The second-order valence-electron chi connectivity index (χ2n) is 4.45. The molecule has 0 aliphatic carbocycles. The first-order chi connectivity index (χ1) is 11.0. The molecule has 1 rings (SSSR count). The van der Waals surface area contributed by atoms with Crippen molar-refractivity contribution in [3.63, 3.8) is 0 Å². The maximum absolute atomic E-state index is 11.8. The molecule has 0 radical (unpaired) electrons. The fraction of sp³-hybridized carbons (Fsp3) is 0.500. The monoisotopic (exact) mass is 325 g/mol. The summed E-state index contributed by atoms with van der Waals surface area (Å²) in [7, 11) is 0. The van der Waals surface area contributed by atoms with Crippen LogP contribution in [0.25, 0.3) is 0 Å². The van der Waals surface area contributed by atoms with Crippen LogP contribution in [0.3, 0.4) is 0 Å². The average Bonchev–Trinajstić information content (AvgIpc) is 2.96. The van der Waals surface area contributed by atoms with Crippen molar-refractivity contribution in [3.05, 3.63) is 34.8 Å². The van der Waals surface area contributed by atoms with E-state index in [0.29, 0.717) is 6.54 Å². The second kappa shape index (κ2) is 9.34. The molecule has 0 N–H and O–H groups in total. The molecule has 9 heteroatoms. The standard InChI is InChI=1S/C14H19N3O6/c1-3-22-13(18)11(14(19)23-4-2)7-5-6-8-16-9-12(15-10-16)17(20)21/h5-6,9-11H,3-4,7-8H2,1-2H3/b6-5+. The summed E-state index contributed by atoms with van der Waals surface area (Å²) in [6.07, 6.45) is 6.06. The highest BCUT2D eigenvalue weighted by molar-refractivity contribution is 5.95. The summed E-state index contributed by atoms with van der Waals surface area (Å²) >= 11 is 0. The van der Waals surface area contributed by atoms with Crippen molar-refractivity contribution in [3.8, 4) is 0 Å². The van der Waals surface area contributed by atoms with Gasteiger partial charge in [-0.3, -0.25) is 9.59 Å². The Bertz CT molecular complexity index is 563. The topological polar surface area (TPSA) is 114 Å². The number of hydrogen-bond donors (Lipinski definition) is 0. The largest absolute Gasteiger partial charge is 0.465 e. The molecular weight excluding hydrogens is 306 g/mol. The average molecular weight is 325 g/mol. The molecule has 0 aromatic carbocycles. The van der Waals surface area contributed by atoms with Crippen LogP contribution in [0.1, 0.15) is 20.3 Å². The van der Waals surface area contributed by atoms with Crippen molar-refractivity contribution in [1.82, 2.24) is 9.55 Å². The number of allylic oxidation sites excluding steroid dienone is 2. The predicted molar refractivity (Wildman–Crippen MR) is 79.4 cm³/mol. The van der Waals surface area contributed by atoms with E-state index in [-0.39, 0.29) is 25.5 Å². The summed E-state index contributed by atoms with van der Waals surface area (Å²) in [6, 6.07) is 0. The zero-order chi connectivity index (χ0) is 17.2. The van der Waals surface area contributed by atoms with E-state index >= 15 is 0 Å². The molecule has 0 atom stereocenters. The number of carbonyl (C=O) groups is 2. The van der Waals surface area contributed by atoms with E-state index < -0.39 is 22.8 Å². The molecule has 0 amide bonds. The van der Waals surface area contributed by atoms with E-state index in [4.69, 9.17) is 9.47 Å². The highest BCUT2D eigenvalue weighted by atomic mass is 16.6. The zero-order valence-corrected chi connectivity index (χ0v) is 13.0. The summed E-state index contributed by atoms with van der Waals surface area (Å²) in [5, 5.41) is 10.5. The summed E-state index contributed by atoms with van der Waals surface area (Å²) in [4.78, 5) is 37.1. The Hall–Kier alpha value is -2.71. The highest BCUT2D eigenvalue weighted by Crippen LogP contribution is 2.11. The van der Waals surface area contributed by atoms with Crippen LogP contribution in [-0.4, -0.2) is 39.6 Å². The summed E-state index contributed by atoms with van der Waals surface area (Å²) < 4.78 is 11.2. The van der Waals surface area contributed by atoms with Crippen molar-refractivity contribution in [2.45, 2.75) is 26.8 Å². The van der Waals surface area contributed by atoms with Crippen molar-refractivity contribution in [2.75, 3.05) is 13.2 Å². The van der Waals surface area contributed by atoms with E-state index in [1.54, 1.807) is 26.0 Å². The van der Waals surface area contributed by atoms with Gasteiger partial charge in [-0.15, -0.1) is 0 Å².